The highest BCUT2D eigenvalue weighted by Crippen LogP contribution is 2.13. The van der Waals surface area contributed by atoms with E-state index in [1.54, 1.807) is 0 Å². The Balaban J connectivity index is 2.28. The zero-order valence-corrected chi connectivity index (χ0v) is 10.4. The molecule has 0 spiro atoms. The number of aryl methyl sites for hydroxylation is 2. The molecule has 0 amide bonds. The Morgan fingerprint density at radius 3 is 2.67 bits per heavy atom. The topological polar surface area (TPSA) is 25.2 Å². The van der Waals surface area contributed by atoms with Crippen LogP contribution in [0.15, 0.2) is 10.5 Å². The molecule has 1 N–H and O–H groups in total. The van der Waals surface area contributed by atoms with Crippen molar-refractivity contribution in [2.75, 3.05) is 6.54 Å². The van der Waals surface area contributed by atoms with Gasteiger partial charge in [-0.25, -0.2) is 0 Å². The number of hydrogen-bond donors (Lipinski definition) is 1. The van der Waals surface area contributed by atoms with Crippen LogP contribution in [0.2, 0.25) is 0 Å². The highest BCUT2D eigenvalue weighted by Gasteiger charge is 2.05. The maximum Gasteiger partial charge on any atom is 0.105 e. The van der Waals surface area contributed by atoms with Crippen molar-refractivity contribution < 1.29 is 4.42 Å². The standard InChI is InChI=1S/C13H23NO/c1-5-6-10(2)8-14-9-13-7-11(3)15-12(13)4/h7,10,14H,5-6,8-9H2,1-4H3. The minimum absolute atomic E-state index is 0.767. The lowest BCUT2D eigenvalue weighted by atomic mass is 10.1. The summed E-state index contributed by atoms with van der Waals surface area (Å²) in [5.74, 6) is 2.82. The van der Waals surface area contributed by atoms with Gasteiger partial charge in [-0.2, -0.15) is 0 Å². The van der Waals surface area contributed by atoms with Gasteiger partial charge in [-0.1, -0.05) is 20.3 Å². The van der Waals surface area contributed by atoms with Crippen molar-refractivity contribution in [2.45, 2.75) is 47.1 Å². The van der Waals surface area contributed by atoms with E-state index in [1.807, 2.05) is 13.8 Å². The molecule has 15 heavy (non-hydrogen) atoms. The molecule has 0 fully saturated rings. The first kappa shape index (κ1) is 12.3. The Bertz CT molecular complexity index is 291. The van der Waals surface area contributed by atoms with E-state index in [-0.39, 0.29) is 0 Å². The summed E-state index contributed by atoms with van der Waals surface area (Å²) in [6.45, 7) is 10.6. The van der Waals surface area contributed by atoms with Gasteiger partial charge in [0.15, 0.2) is 0 Å². The Morgan fingerprint density at radius 1 is 1.40 bits per heavy atom. The predicted molar refractivity (Wildman–Crippen MR) is 64.0 cm³/mol. The first-order valence-corrected chi connectivity index (χ1v) is 5.90. The van der Waals surface area contributed by atoms with Gasteiger partial charge in [-0.15, -0.1) is 0 Å². The summed E-state index contributed by atoms with van der Waals surface area (Å²) in [4.78, 5) is 0. The third kappa shape index (κ3) is 4.08. The summed E-state index contributed by atoms with van der Waals surface area (Å²) in [6, 6.07) is 2.12. The maximum absolute atomic E-state index is 5.48. The number of nitrogens with one attached hydrogen (secondary N) is 1. The first-order valence-electron chi connectivity index (χ1n) is 5.90. The van der Waals surface area contributed by atoms with E-state index in [0.29, 0.717) is 0 Å². The quantitative estimate of drug-likeness (QED) is 0.776. The molecule has 0 aliphatic heterocycles. The summed E-state index contributed by atoms with van der Waals surface area (Å²) in [5, 5.41) is 3.48. The third-order valence-corrected chi connectivity index (χ3v) is 2.73. The van der Waals surface area contributed by atoms with E-state index in [4.69, 9.17) is 4.42 Å². The van der Waals surface area contributed by atoms with E-state index >= 15 is 0 Å². The van der Waals surface area contributed by atoms with Crippen molar-refractivity contribution in [1.82, 2.24) is 5.32 Å². The van der Waals surface area contributed by atoms with Crippen molar-refractivity contribution in [1.29, 1.82) is 0 Å². The molecule has 1 atom stereocenters. The molecule has 2 heteroatoms. The van der Waals surface area contributed by atoms with Gasteiger partial charge in [0, 0.05) is 12.1 Å². The molecule has 0 aromatic carbocycles. The maximum atomic E-state index is 5.48. The number of rotatable bonds is 6. The highest BCUT2D eigenvalue weighted by atomic mass is 16.3. The predicted octanol–water partition coefficient (Wildman–Crippen LogP) is 3.42. The Hall–Kier alpha value is -0.760. The SMILES string of the molecule is CCCC(C)CNCc1cc(C)oc1C. The highest BCUT2D eigenvalue weighted by molar-refractivity contribution is 5.19. The second-order valence-electron chi connectivity index (χ2n) is 4.46. The van der Waals surface area contributed by atoms with Crippen LogP contribution in [0.25, 0.3) is 0 Å². The van der Waals surface area contributed by atoms with Gasteiger partial charge in [0.25, 0.3) is 0 Å². The molecule has 0 aliphatic carbocycles. The molecule has 1 unspecified atom stereocenters. The molecule has 0 saturated heterocycles. The van der Waals surface area contributed by atoms with Crippen LogP contribution < -0.4 is 5.32 Å². The van der Waals surface area contributed by atoms with Gasteiger partial charge >= 0.3 is 0 Å². The summed E-state index contributed by atoms with van der Waals surface area (Å²) in [6.07, 6.45) is 2.57. The molecular formula is C13H23NO. The van der Waals surface area contributed by atoms with Crippen LogP contribution in [0.1, 0.15) is 43.8 Å². The van der Waals surface area contributed by atoms with Crippen LogP contribution >= 0.6 is 0 Å². The van der Waals surface area contributed by atoms with Crippen LogP contribution in [0, 0.1) is 19.8 Å². The van der Waals surface area contributed by atoms with Gasteiger partial charge in [-0.3, -0.25) is 0 Å². The molecule has 1 aromatic heterocycles. The van der Waals surface area contributed by atoms with Crippen LogP contribution in [-0.4, -0.2) is 6.54 Å². The molecule has 0 bridgehead atoms. The molecule has 86 valence electrons. The second kappa shape index (κ2) is 5.96. The third-order valence-electron chi connectivity index (χ3n) is 2.73. The Morgan fingerprint density at radius 2 is 2.13 bits per heavy atom. The Kier molecular flexibility index (Phi) is 4.89. The Labute approximate surface area is 93.1 Å². The molecule has 1 rings (SSSR count). The van der Waals surface area contributed by atoms with E-state index in [0.717, 1.165) is 30.5 Å². The molecule has 2 nitrogen and oxygen atoms in total. The largest absolute Gasteiger partial charge is 0.466 e. The number of furan rings is 1. The van der Waals surface area contributed by atoms with Crippen molar-refractivity contribution in [2.24, 2.45) is 5.92 Å². The smallest absolute Gasteiger partial charge is 0.105 e. The van der Waals surface area contributed by atoms with Gasteiger partial charge in [0.2, 0.25) is 0 Å². The van der Waals surface area contributed by atoms with E-state index < -0.39 is 0 Å². The van der Waals surface area contributed by atoms with E-state index in [2.05, 4.69) is 25.2 Å². The molecule has 1 heterocycles. The van der Waals surface area contributed by atoms with Gasteiger partial charge in [0.1, 0.15) is 11.5 Å². The van der Waals surface area contributed by atoms with Crippen molar-refractivity contribution in [3.05, 3.63) is 23.2 Å². The molecule has 1 aromatic rings. The zero-order chi connectivity index (χ0) is 11.3. The van der Waals surface area contributed by atoms with Crippen LogP contribution in [-0.2, 0) is 6.54 Å². The molecule has 0 aliphatic rings. The summed E-state index contributed by atoms with van der Waals surface area (Å²) >= 11 is 0. The summed E-state index contributed by atoms with van der Waals surface area (Å²) in [5.41, 5.74) is 1.29. The number of hydrogen-bond acceptors (Lipinski definition) is 2. The average molecular weight is 209 g/mol. The lowest BCUT2D eigenvalue weighted by Gasteiger charge is -2.10. The minimum atomic E-state index is 0.767. The second-order valence-corrected chi connectivity index (χ2v) is 4.46. The van der Waals surface area contributed by atoms with Crippen LogP contribution in [0.3, 0.4) is 0 Å². The summed E-state index contributed by atoms with van der Waals surface area (Å²) in [7, 11) is 0. The molecular weight excluding hydrogens is 186 g/mol. The van der Waals surface area contributed by atoms with Crippen molar-refractivity contribution in [3.8, 4) is 0 Å². The van der Waals surface area contributed by atoms with Gasteiger partial charge < -0.3 is 9.73 Å². The fourth-order valence-electron chi connectivity index (χ4n) is 1.91. The van der Waals surface area contributed by atoms with Crippen LogP contribution in [0.5, 0.6) is 0 Å². The lowest BCUT2D eigenvalue weighted by Crippen LogP contribution is -2.20. The first-order chi connectivity index (χ1) is 7.13. The molecule has 0 radical (unpaired) electrons. The van der Waals surface area contributed by atoms with E-state index in [1.165, 1.54) is 18.4 Å². The zero-order valence-electron chi connectivity index (χ0n) is 10.4. The fourth-order valence-corrected chi connectivity index (χ4v) is 1.91. The average Bonchev–Trinajstić information content (AvgIpc) is 2.46. The van der Waals surface area contributed by atoms with Crippen LogP contribution in [0.4, 0.5) is 0 Å². The minimum Gasteiger partial charge on any atom is -0.466 e. The molecule has 0 saturated carbocycles. The fraction of sp³-hybridized carbons (Fsp3) is 0.692. The monoisotopic (exact) mass is 209 g/mol. The van der Waals surface area contributed by atoms with Crippen molar-refractivity contribution in [3.63, 3.8) is 0 Å². The summed E-state index contributed by atoms with van der Waals surface area (Å²) < 4.78 is 5.48. The normalized spacial score (nSPS) is 13.1. The van der Waals surface area contributed by atoms with Gasteiger partial charge in [0.05, 0.1) is 0 Å². The van der Waals surface area contributed by atoms with E-state index in [9.17, 15) is 0 Å². The lowest BCUT2D eigenvalue weighted by molar-refractivity contribution is 0.469. The van der Waals surface area contributed by atoms with Crippen molar-refractivity contribution >= 4 is 0 Å². The van der Waals surface area contributed by atoms with Gasteiger partial charge in [-0.05, 0) is 38.8 Å².